The molecule has 0 atom stereocenters. The molecule has 0 aliphatic heterocycles. The molecule has 0 aliphatic rings. The van der Waals surface area contributed by atoms with Gasteiger partial charge in [0.1, 0.15) is 0 Å². The van der Waals surface area contributed by atoms with E-state index in [1.807, 2.05) is 19.9 Å². The van der Waals surface area contributed by atoms with Crippen LogP contribution in [0.1, 0.15) is 11.4 Å². The first-order valence-corrected chi connectivity index (χ1v) is 5.84. The third-order valence-electron chi connectivity index (χ3n) is 2.99. The van der Waals surface area contributed by atoms with Crippen LogP contribution in [0.4, 0.5) is 8.78 Å². The molecule has 3 rings (SSSR count). The molecule has 0 amide bonds. The van der Waals surface area contributed by atoms with Crippen molar-refractivity contribution in [3.8, 4) is 11.3 Å². The van der Waals surface area contributed by atoms with Crippen molar-refractivity contribution in [2.24, 2.45) is 0 Å². The van der Waals surface area contributed by atoms with E-state index in [1.54, 1.807) is 10.6 Å². The summed E-state index contributed by atoms with van der Waals surface area (Å²) in [6.45, 7) is 3.78. The van der Waals surface area contributed by atoms with Crippen molar-refractivity contribution in [1.82, 2.24) is 14.4 Å². The molecule has 3 aromatic rings. The molecule has 0 bridgehead atoms. The Morgan fingerprint density at radius 3 is 2.68 bits per heavy atom. The Morgan fingerprint density at radius 2 is 1.89 bits per heavy atom. The Morgan fingerprint density at radius 1 is 1.11 bits per heavy atom. The zero-order chi connectivity index (χ0) is 13.6. The second kappa shape index (κ2) is 4.12. The average Bonchev–Trinajstić information content (AvgIpc) is 2.76. The van der Waals surface area contributed by atoms with E-state index in [1.165, 1.54) is 12.1 Å². The van der Waals surface area contributed by atoms with Gasteiger partial charge in [-0.15, -0.1) is 0 Å². The first-order chi connectivity index (χ1) is 9.06. The van der Waals surface area contributed by atoms with Crippen molar-refractivity contribution in [2.45, 2.75) is 13.8 Å². The Hall–Kier alpha value is -2.30. The van der Waals surface area contributed by atoms with Gasteiger partial charge < -0.3 is 0 Å². The molecule has 0 aliphatic carbocycles. The molecule has 2 heterocycles. The van der Waals surface area contributed by atoms with Crippen molar-refractivity contribution in [3.05, 3.63) is 53.5 Å². The summed E-state index contributed by atoms with van der Waals surface area (Å²) in [5.41, 5.74) is 2.29. The minimum Gasteiger partial charge on any atom is -0.288 e. The van der Waals surface area contributed by atoms with Crippen LogP contribution in [0.3, 0.4) is 0 Å². The summed E-state index contributed by atoms with van der Waals surface area (Å²) >= 11 is 0. The Bertz CT molecular complexity index is 778. The first kappa shape index (κ1) is 11.8. The van der Waals surface area contributed by atoms with Gasteiger partial charge in [0.05, 0.1) is 5.69 Å². The molecule has 0 N–H and O–H groups in total. The minimum atomic E-state index is -0.889. The Labute approximate surface area is 108 Å². The highest BCUT2D eigenvalue weighted by Gasteiger charge is 2.14. The van der Waals surface area contributed by atoms with Gasteiger partial charge in [0.2, 0.25) is 5.78 Å². The van der Waals surface area contributed by atoms with Gasteiger partial charge in [-0.25, -0.2) is 18.7 Å². The number of nitrogens with zero attached hydrogens (tertiary/aromatic N) is 3. The number of benzene rings is 1. The van der Waals surface area contributed by atoms with E-state index in [4.69, 9.17) is 0 Å². The number of aryl methyl sites for hydroxylation is 2. The second-order valence-corrected chi connectivity index (χ2v) is 4.44. The van der Waals surface area contributed by atoms with Gasteiger partial charge in [-0.3, -0.25) is 4.40 Å². The summed E-state index contributed by atoms with van der Waals surface area (Å²) in [6, 6.07) is 5.95. The van der Waals surface area contributed by atoms with Crippen LogP contribution in [-0.2, 0) is 0 Å². The van der Waals surface area contributed by atoms with Crippen LogP contribution in [-0.4, -0.2) is 14.4 Å². The lowest BCUT2D eigenvalue weighted by atomic mass is 10.1. The molecule has 0 radical (unpaired) electrons. The van der Waals surface area contributed by atoms with Crippen molar-refractivity contribution < 1.29 is 8.78 Å². The molecule has 0 unspecified atom stereocenters. The SMILES string of the molecule is Cc1cc(C)n2cc(-c3cccc(F)c3F)nc2n1. The highest BCUT2D eigenvalue weighted by atomic mass is 19.2. The van der Waals surface area contributed by atoms with Crippen molar-refractivity contribution in [2.75, 3.05) is 0 Å². The number of fused-ring (bicyclic) bond motifs is 1. The highest BCUT2D eigenvalue weighted by Crippen LogP contribution is 2.24. The normalized spacial score (nSPS) is 11.2. The molecule has 5 heteroatoms. The molecule has 2 aromatic heterocycles. The monoisotopic (exact) mass is 259 g/mol. The lowest BCUT2D eigenvalue weighted by Gasteiger charge is -1.99. The average molecular weight is 259 g/mol. The maximum Gasteiger partial charge on any atom is 0.234 e. The predicted octanol–water partition coefficient (Wildman–Crippen LogP) is 3.29. The molecule has 19 heavy (non-hydrogen) atoms. The minimum absolute atomic E-state index is 0.141. The topological polar surface area (TPSA) is 30.2 Å². The number of imidazole rings is 1. The Balaban J connectivity index is 2.26. The maximum atomic E-state index is 13.8. The van der Waals surface area contributed by atoms with Gasteiger partial charge in [-0.2, -0.15) is 0 Å². The standard InChI is InChI=1S/C14H11F2N3/c1-8-6-9(2)19-7-12(18-14(19)17-8)10-4-3-5-11(15)13(10)16/h3-7H,1-2H3. The lowest BCUT2D eigenvalue weighted by Crippen LogP contribution is -1.94. The number of rotatable bonds is 1. The highest BCUT2D eigenvalue weighted by molar-refractivity contribution is 5.62. The third kappa shape index (κ3) is 1.87. The summed E-state index contributed by atoms with van der Waals surface area (Å²) < 4.78 is 28.7. The summed E-state index contributed by atoms with van der Waals surface area (Å²) in [6.07, 6.45) is 1.66. The molecule has 0 saturated carbocycles. The van der Waals surface area contributed by atoms with Gasteiger partial charge in [-0.1, -0.05) is 6.07 Å². The van der Waals surface area contributed by atoms with E-state index in [-0.39, 0.29) is 5.56 Å². The quantitative estimate of drug-likeness (QED) is 0.671. The number of hydrogen-bond donors (Lipinski definition) is 0. The Kier molecular flexibility index (Phi) is 2.55. The van der Waals surface area contributed by atoms with Crippen LogP contribution >= 0.6 is 0 Å². The molecule has 0 spiro atoms. The summed E-state index contributed by atoms with van der Waals surface area (Å²) in [7, 11) is 0. The first-order valence-electron chi connectivity index (χ1n) is 5.84. The van der Waals surface area contributed by atoms with Gasteiger partial charge in [-0.05, 0) is 32.0 Å². The maximum absolute atomic E-state index is 13.8. The summed E-state index contributed by atoms with van der Waals surface area (Å²) in [5, 5.41) is 0. The van der Waals surface area contributed by atoms with E-state index in [9.17, 15) is 8.78 Å². The number of aromatic nitrogens is 3. The van der Waals surface area contributed by atoms with Crippen molar-refractivity contribution >= 4 is 5.78 Å². The van der Waals surface area contributed by atoms with Crippen LogP contribution < -0.4 is 0 Å². The van der Waals surface area contributed by atoms with E-state index < -0.39 is 11.6 Å². The van der Waals surface area contributed by atoms with Gasteiger partial charge >= 0.3 is 0 Å². The van der Waals surface area contributed by atoms with Crippen LogP contribution in [0.15, 0.2) is 30.5 Å². The zero-order valence-corrected chi connectivity index (χ0v) is 10.5. The fourth-order valence-electron chi connectivity index (χ4n) is 2.10. The van der Waals surface area contributed by atoms with Gasteiger partial charge in [0.15, 0.2) is 11.6 Å². The van der Waals surface area contributed by atoms with Gasteiger partial charge in [0.25, 0.3) is 0 Å². The van der Waals surface area contributed by atoms with Crippen LogP contribution in [0, 0.1) is 25.5 Å². The summed E-state index contributed by atoms with van der Waals surface area (Å²) in [5.74, 6) is -1.29. The van der Waals surface area contributed by atoms with Crippen LogP contribution in [0.5, 0.6) is 0 Å². The molecule has 0 fully saturated rings. The molecule has 96 valence electrons. The second-order valence-electron chi connectivity index (χ2n) is 4.44. The molecule has 1 aromatic carbocycles. The summed E-state index contributed by atoms with van der Waals surface area (Å²) in [4.78, 5) is 8.52. The molecule has 0 saturated heterocycles. The number of halogens is 2. The van der Waals surface area contributed by atoms with Crippen LogP contribution in [0.25, 0.3) is 17.0 Å². The third-order valence-corrected chi connectivity index (χ3v) is 2.99. The largest absolute Gasteiger partial charge is 0.288 e. The van der Waals surface area contributed by atoms with Crippen molar-refractivity contribution in [1.29, 1.82) is 0 Å². The lowest BCUT2D eigenvalue weighted by molar-refractivity contribution is 0.511. The van der Waals surface area contributed by atoms with Crippen molar-refractivity contribution in [3.63, 3.8) is 0 Å². The van der Waals surface area contributed by atoms with E-state index in [0.29, 0.717) is 11.5 Å². The predicted molar refractivity (Wildman–Crippen MR) is 67.8 cm³/mol. The fourth-order valence-corrected chi connectivity index (χ4v) is 2.10. The van der Waals surface area contributed by atoms with E-state index >= 15 is 0 Å². The number of hydrogen-bond acceptors (Lipinski definition) is 2. The molecule has 3 nitrogen and oxygen atoms in total. The zero-order valence-electron chi connectivity index (χ0n) is 10.5. The van der Waals surface area contributed by atoms with E-state index in [2.05, 4.69) is 9.97 Å². The van der Waals surface area contributed by atoms with Gasteiger partial charge in [0, 0.05) is 23.1 Å². The van der Waals surface area contributed by atoms with E-state index in [0.717, 1.165) is 17.5 Å². The smallest absolute Gasteiger partial charge is 0.234 e. The van der Waals surface area contributed by atoms with Crippen LogP contribution in [0.2, 0.25) is 0 Å². The molecular weight excluding hydrogens is 248 g/mol. The fraction of sp³-hybridized carbons (Fsp3) is 0.143. The molecular formula is C14H11F2N3.